The number of hydrogen-bond acceptors (Lipinski definition) is 4. The molecule has 1 aromatic carbocycles. The third kappa shape index (κ3) is 4.49. The second-order valence-corrected chi connectivity index (χ2v) is 9.71. The smallest absolute Gasteiger partial charge is 0.165 e. The molecule has 3 nitrogen and oxygen atoms in total. The summed E-state index contributed by atoms with van der Waals surface area (Å²) in [6.07, 6.45) is 3.32. The van der Waals surface area contributed by atoms with Gasteiger partial charge < -0.3 is 9.47 Å². The Balaban J connectivity index is 1.93. The second-order valence-electron chi connectivity index (χ2n) is 8.71. The van der Waals surface area contributed by atoms with Gasteiger partial charge in [-0.15, -0.1) is 11.3 Å². The van der Waals surface area contributed by atoms with Crippen LogP contribution in [-0.2, 0) is 19.4 Å². The molecule has 0 spiro atoms. The summed E-state index contributed by atoms with van der Waals surface area (Å²) in [5.74, 6) is 1.72. The molecule has 27 heavy (non-hydrogen) atoms. The lowest BCUT2D eigenvalue weighted by molar-refractivity contribution is 0.169. The molecule has 0 fully saturated rings. The molecule has 2 aromatic rings. The van der Waals surface area contributed by atoms with E-state index in [0.717, 1.165) is 43.9 Å². The van der Waals surface area contributed by atoms with Crippen molar-refractivity contribution in [2.45, 2.75) is 59.5 Å². The molecule has 2 heterocycles. The third-order valence-corrected chi connectivity index (χ3v) is 6.19. The standard InChI is InChI=1S/C23H33NO2S/c1-7-10-24-14-19-16(8-9-21(25-5)22(19)26-6)12-20(24)17-11-18(27-15-17)13-23(2,3)4/h8-9,11,15,20H,7,10,12-14H2,1-6H3/t20-/m0/s1. The van der Waals surface area contributed by atoms with Crippen LogP contribution in [0.2, 0.25) is 0 Å². The van der Waals surface area contributed by atoms with Crippen molar-refractivity contribution in [1.82, 2.24) is 4.90 Å². The van der Waals surface area contributed by atoms with E-state index in [9.17, 15) is 0 Å². The Morgan fingerprint density at radius 2 is 1.96 bits per heavy atom. The van der Waals surface area contributed by atoms with E-state index < -0.39 is 0 Å². The first-order chi connectivity index (χ1) is 12.9. The van der Waals surface area contributed by atoms with E-state index >= 15 is 0 Å². The SMILES string of the molecule is CCCN1Cc2c(ccc(OC)c2OC)C[C@H]1c1csc(CC(C)(C)C)c1. The Morgan fingerprint density at radius 1 is 1.19 bits per heavy atom. The minimum absolute atomic E-state index is 0.328. The van der Waals surface area contributed by atoms with E-state index in [1.54, 1.807) is 14.2 Å². The first-order valence-electron chi connectivity index (χ1n) is 9.90. The molecule has 3 rings (SSSR count). The molecule has 0 unspecified atom stereocenters. The molecular weight excluding hydrogens is 354 g/mol. The van der Waals surface area contributed by atoms with Crippen molar-refractivity contribution < 1.29 is 9.47 Å². The summed E-state index contributed by atoms with van der Waals surface area (Å²) in [5, 5.41) is 2.38. The molecule has 1 aliphatic heterocycles. The summed E-state index contributed by atoms with van der Waals surface area (Å²) >= 11 is 1.91. The van der Waals surface area contributed by atoms with Crippen LogP contribution < -0.4 is 9.47 Å². The Morgan fingerprint density at radius 3 is 2.59 bits per heavy atom. The van der Waals surface area contributed by atoms with Crippen LogP contribution in [0, 0.1) is 5.41 Å². The summed E-state index contributed by atoms with van der Waals surface area (Å²) in [6.45, 7) is 11.2. The van der Waals surface area contributed by atoms with E-state index in [1.807, 2.05) is 17.4 Å². The second kappa shape index (κ2) is 8.24. The van der Waals surface area contributed by atoms with Gasteiger partial charge in [-0.05, 0) is 59.9 Å². The van der Waals surface area contributed by atoms with Gasteiger partial charge in [0.2, 0.25) is 0 Å². The fourth-order valence-corrected chi connectivity index (χ4v) is 5.32. The van der Waals surface area contributed by atoms with Crippen molar-refractivity contribution >= 4 is 11.3 Å². The maximum Gasteiger partial charge on any atom is 0.165 e. The first kappa shape index (κ1) is 20.2. The molecular formula is C23H33NO2S. The van der Waals surface area contributed by atoms with Gasteiger partial charge in [0.05, 0.1) is 14.2 Å². The van der Waals surface area contributed by atoms with Gasteiger partial charge in [0, 0.05) is 23.0 Å². The van der Waals surface area contributed by atoms with Crippen LogP contribution >= 0.6 is 11.3 Å². The summed E-state index contributed by atoms with van der Waals surface area (Å²) in [5.41, 5.74) is 4.46. The van der Waals surface area contributed by atoms with Crippen molar-refractivity contribution in [1.29, 1.82) is 0 Å². The zero-order chi connectivity index (χ0) is 19.6. The largest absolute Gasteiger partial charge is 0.493 e. The fourth-order valence-electron chi connectivity index (χ4n) is 4.09. The normalized spacial score (nSPS) is 17.6. The van der Waals surface area contributed by atoms with Crippen molar-refractivity contribution in [3.05, 3.63) is 45.1 Å². The minimum atomic E-state index is 0.328. The average molecular weight is 388 g/mol. The van der Waals surface area contributed by atoms with Gasteiger partial charge >= 0.3 is 0 Å². The number of hydrogen-bond donors (Lipinski definition) is 0. The zero-order valence-corrected chi connectivity index (χ0v) is 18.4. The molecule has 0 radical (unpaired) electrons. The Bertz CT molecular complexity index is 775. The molecule has 1 aromatic heterocycles. The zero-order valence-electron chi connectivity index (χ0n) is 17.6. The number of methoxy groups -OCH3 is 2. The highest BCUT2D eigenvalue weighted by Crippen LogP contribution is 2.42. The third-order valence-electron chi connectivity index (χ3n) is 5.23. The quantitative estimate of drug-likeness (QED) is 0.619. The molecule has 1 atom stereocenters. The van der Waals surface area contributed by atoms with Crippen LogP contribution in [0.25, 0.3) is 0 Å². The summed E-state index contributed by atoms with van der Waals surface area (Å²) in [7, 11) is 3.45. The molecule has 0 bridgehead atoms. The van der Waals surface area contributed by atoms with Gasteiger partial charge in [-0.25, -0.2) is 0 Å². The molecule has 0 aliphatic carbocycles. The van der Waals surface area contributed by atoms with Crippen LogP contribution in [-0.4, -0.2) is 25.7 Å². The van der Waals surface area contributed by atoms with Gasteiger partial charge in [-0.2, -0.15) is 0 Å². The van der Waals surface area contributed by atoms with Crippen LogP contribution in [0.1, 0.15) is 61.7 Å². The number of rotatable bonds is 6. The summed E-state index contributed by atoms with van der Waals surface area (Å²) < 4.78 is 11.2. The van der Waals surface area contributed by atoms with E-state index in [4.69, 9.17) is 9.47 Å². The lowest BCUT2D eigenvalue weighted by Crippen LogP contribution is -2.34. The van der Waals surface area contributed by atoms with Crippen molar-refractivity contribution in [2.24, 2.45) is 5.41 Å². The highest BCUT2D eigenvalue weighted by atomic mass is 32.1. The predicted octanol–water partition coefficient (Wildman–Crippen LogP) is 5.86. The summed E-state index contributed by atoms with van der Waals surface area (Å²) in [6, 6.07) is 7.15. The fraction of sp³-hybridized carbons (Fsp3) is 0.565. The molecule has 0 saturated carbocycles. The van der Waals surface area contributed by atoms with Crippen LogP contribution in [0.4, 0.5) is 0 Å². The average Bonchev–Trinajstić information content (AvgIpc) is 3.06. The number of thiophene rings is 1. The van der Waals surface area contributed by atoms with Crippen LogP contribution in [0.5, 0.6) is 11.5 Å². The van der Waals surface area contributed by atoms with E-state index in [0.29, 0.717) is 11.5 Å². The Labute approximate surface area is 168 Å². The van der Waals surface area contributed by atoms with Crippen molar-refractivity contribution in [3.8, 4) is 11.5 Å². The molecule has 148 valence electrons. The van der Waals surface area contributed by atoms with Crippen LogP contribution in [0.15, 0.2) is 23.6 Å². The van der Waals surface area contributed by atoms with Gasteiger partial charge in [0.25, 0.3) is 0 Å². The highest BCUT2D eigenvalue weighted by molar-refractivity contribution is 7.10. The van der Waals surface area contributed by atoms with Gasteiger partial charge in [0.15, 0.2) is 11.5 Å². The maximum absolute atomic E-state index is 5.71. The number of benzene rings is 1. The molecule has 4 heteroatoms. The van der Waals surface area contributed by atoms with E-state index in [1.165, 1.54) is 21.6 Å². The van der Waals surface area contributed by atoms with E-state index in [2.05, 4.69) is 50.1 Å². The monoisotopic (exact) mass is 387 g/mol. The molecule has 0 amide bonds. The first-order valence-corrected chi connectivity index (χ1v) is 10.8. The topological polar surface area (TPSA) is 21.7 Å². The Hall–Kier alpha value is -1.52. The Kier molecular flexibility index (Phi) is 6.17. The minimum Gasteiger partial charge on any atom is -0.493 e. The molecule has 0 N–H and O–H groups in total. The van der Waals surface area contributed by atoms with Crippen LogP contribution in [0.3, 0.4) is 0 Å². The van der Waals surface area contributed by atoms with Crippen molar-refractivity contribution in [3.63, 3.8) is 0 Å². The lowest BCUT2D eigenvalue weighted by Gasteiger charge is -2.37. The molecule has 1 aliphatic rings. The summed E-state index contributed by atoms with van der Waals surface area (Å²) in [4.78, 5) is 4.10. The van der Waals surface area contributed by atoms with Crippen molar-refractivity contribution in [2.75, 3.05) is 20.8 Å². The van der Waals surface area contributed by atoms with Gasteiger partial charge in [-0.3, -0.25) is 4.90 Å². The van der Waals surface area contributed by atoms with E-state index in [-0.39, 0.29) is 0 Å². The highest BCUT2D eigenvalue weighted by Gasteiger charge is 2.30. The lowest BCUT2D eigenvalue weighted by atomic mass is 9.88. The number of fused-ring (bicyclic) bond motifs is 1. The predicted molar refractivity (Wildman–Crippen MR) is 114 cm³/mol. The number of ether oxygens (including phenoxy) is 2. The maximum atomic E-state index is 5.71. The van der Waals surface area contributed by atoms with Gasteiger partial charge in [0.1, 0.15) is 0 Å². The van der Waals surface area contributed by atoms with Gasteiger partial charge in [-0.1, -0.05) is 33.8 Å². The molecule has 0 saturated heterocycles. The number of nitrogens with zero attached hydrogens (tertiary/aromatic N) is 1.